The summed E-state index contributed by atoms with van der Waals surface area (Å²) in [4.78, 5) is 0. The topological polar surface area (TPSA) is 97.3 Å². The van der Waals surface area contributed by atoms with Crippen LogP contribution in [0.2, 0.25) is 0 Å². The van der Waals surface area contributed by atoms with Gasteiger partial charge < -0.3 is 14.8 Å². The summed E-state index contributed by atoms with van der Waals surface area (Å²) in [7, 11) is -1.67. The van der Waals surface area contributed by atoms with E-state index in [1.54, 1.807) is 31.2 Å². The molecule has 0 spiro atoms. The van der Waals surface area contributed by atoms with E-state index in [-0.39, 0.29) is 11.0 Å². The van der Waals surface area contributed by atoms with Crippen LogP contribution in [0.5, 0.6) is 5.75 Å². The van der Waals surface area contributed by atoms with Crippen LogP contribution in [0.4, 0.5) is 0 Å². The molecule has 0 radical (unpaired) electrons. The lowest BCUT2D eigenvalue weighted by Gasteiger charge is -2.10. The molecule has 0 aliphatic carbocycles. The number of hydrogen-bond acceptors (Lipinski definition) is 5. The molecule has 0 saturated carbocycles. The van der Waals surface area contributed by atoms with Crippen LogP contribution in [0.15, 0.2) is 23.8 Å². The Balaban J connectivity index is 3.20. The standard InChI is InChI=1S/C12H11BN2O3/c1-2-18-12-4-3-9(5-10(7-14)8-15)6-11(12)13(16)17/h3-6,16-17H,2H2,1H3. The quantitative estimate of drug-likeness (QED) is 0.580. The maximum absolute atomic E-state index is 9.23. The molecular weight excluding hydrogens is 231 g/mol. The van der Waals surface area contributed by atoms with Gasteiger partial charge in [0.05, 0.1) is 6.61 Å². The first-order valence-electron chi connectivity index (χ1n) is 5.27. The van der Waals surface area contributed by atoms with Crippen molar-refractivity contribution in [2.24, 2.45) is 0 Å². The third-order valence-corrected chi connectivity index (χ3v) is 2.16. The molecule has 0 saturated heterocycles. The van der Waals surface area contributed by atoms with E-state index < -0.39 is 7.12 Å². The summed E-state index contributed by atoms with van der Waals surface area (Å²) >= 11 is 0. The molecule has 0 amide bonds. The van der Waals surface area contributed by atoms with Crippen molar-refractivity contribution in [3.05, 3.63) is 29.3 Å². The number of hydrogen-bond donors (Lipinski definition) is 2. The van der Waals surface area contributed by atoms with Gasteiger partial charge >= 0.3 is 7.12 Å². The van der Waals surface area contributed by atoms with Crippen LogP contribution in [0.25, 0.3) is 6.08 Å². The molecule has 0 unspecified atom stereocenters. The second-order valence-corrected chi connectivity index (χ2v) is 3.39. The molecular formula is C12H11BN2O3. The van der Waals surface area contributed by atoms with Crippen molar-refractivity contribution >= 4 is 18.7 Å². The van der Waals surface area contributed by atoms with E-state index in [0.29, 0.717) is 17.9 Å². The van der Waals surface area contributed by atoms with Crippen molar-refractivity contribution in [1.29, 1.82) is 10.5 Å². The van der Waals surface area contributed by atoms with Crippen LogP contribution in [0, 0.1) is 22.7 Å². The van der Waals surface area contributed by atoms with Gasteiger partial charge in [0.1, 0.15) is 23.5 Å². The van der Waals surface area contributed by atoms with Gasteiger partial charge in [-0.05, 0) is 24.6 Å². The smallest absolute Gasteiger partial charge is 0.492 e. The van der Waals surface area contributed by atoms with Gasteiger partial charge in [-0.1, -0.05) is 12.1 Å². The highest BCUT2D eigenvalue weighted by atomic mass is 16.5. The first kappa shape index (κ1) is 13.8. The van der Waals surface area contributed by atoms with Gasteiger partial charge in [0.25, 0.3) is 0 Å². The number of ether oxygens (including phenoxy) is 1. The SMILES string of the molecule is CCOc1ccc(C=C(C#N)C#N)cc1B(O)O. The number of rotatable bonds is 4. The van der Waals surface area contributed by atoms with Crippen molar-refractivity contribution in [1.82, 2.24) is 0 Å². The maximum atomic E-state index is 9.23. The van der Waals surface area contributed by atoms with Crippen LogP contribution in [0.3, 0.4) is 0 Å². The molecule has 0 heterocycles. The summed E-state index contributed by atoms with van der Waals surface area (Å²) in [6.45, 7) is 2.18. The van der Waals surface area contributed by atoms with Crippen molar-refractivity contribution in [2.75, 3.05) is 6.61 Å². The van der Waals surface area contributed by atoms with Gasteiger partial charge in [-0.25, -0.2) is 0 Å². The van der Waals surface area contributed by atoms with E-state index >= 15 is 0 Å². The summed E-state index contributed by atoms with van der Waals surface area (Å²) in [5.41, 5.74) is 0.665. The number of allylic oxidation sites excluding steroid dienone is 1. The van der Waals surface area contributed by atoms with Gasteiger partial charge in [0.2, 0.25) is 0 Å². The van der Waals surface area contributed by atoms with Crippen LogP contribution < -0.4 is 10.2 Å². The molecule has 0 bridgehead atoms. The third kappa shape index (κ3) is 3.36. The minimum absolute atomic E-state index is 0.0578. The summed E-state index contributed by atoms with van der Waals surface area (Å²) in [6.07, 6.45) is 1.36. The Morgan fingerprint density at radius 3 is 2.56 bits per heavy atom. The van der Waals surface area contributed by atoms with E-state index in [9.17, 15) is 10.0 Å². The van der Waals surface area contributed by atoms with E-state index in [1.165, 1.54) is 12.1 Å². The van der Waals surface area contributed by atoms with Gasteiger partial charge in [0, 0.05) is 5.46 Å². The van der Waals surface area contributed by atoms with Gasteiger partial charge in [-0.3, -0.25) is 0 Å². The lowest BCUT2D eigenvalue weighted by atomic mass is 9.78. The Morgan fingerprint density at radius 2 is 2.06 bits per heavy atom. The Kier molecular flexibility index (Phi) is 4.95. The average molecular weight is 242 g/mol. The number of nitrogens with zero attached hydrogens (tertiary/aromatic N) is 2. The summed E-state index contributed by atoms with van der Waals surface area (Å²) in [6, 6.07) is 8.12. The fraction of sp³-hybridized carbons (Fsp3) is 0.167. The van der Waals surface area contributed by atoms with Crippen LogP contribution in [-0.4, -0.2) is 23.8 Å². The Bertz CT molecular complexity index is 525. The van der Waals surface area contributed by atoms with E-state index in [0.717, 1.165) is 0 Å². The third-order valence-electron chi connectivity index (χ3n) is 2.16. The molecule has 0 aliphatic heterocycles. The Hall–Kier alpha value is -2.28. The first-order valence-corrected chi connectivity index (χ1v) is 5.27. The van der Waals surface area contributed by atoms with Gasteiger partial charge in [-0.15, -0.1) is 0 Å². The molecule has 0 fully saturated rings. The molecule has 1 rings (SSSR count). The monoisotopic (exact) mass is 242 g/mol. The molecule has 0 aliphatic rings. The molecule has 0 aromatic heterocycles. The Labute approximate surface area is 105 Å². The summed E-state index contributed by atoms with van der Waals surface area (Å²) in [5, 5.41) is 35.7. The van der Waals surface area contributed by atoms with Crippen LogP contribution in [-0.2, 0) is 0 Å². The van der Waals surface area contributed by atoms with E-state index in [1.807, 2.05) is 0 Å². The van der Waals surface area contributed by atoms with Crippen molar-refractivity contribution < 1.29 is 14.8 Å². The molecule has 2 N–H and O–H groups in total. The fourth-order valence-corrected chi connectivity index (χ4v) is 1.40. The van der Waals surface area contributed by atoms with Crippen LogP contribution >= 0.6 is 0 Å². The zero-order valence-electron chi connectivity index (χ0n) is 9.79. The number of nitriles is 2. The molecule has 1 aromatic rings. The fourth-order valence-electron chi connectivity index (χ4n) is 1.40. The first-order chi connectivity index (χ1) is 8.62. The highest BCUT2D eigenvalue weighted by molar-refractivity contribution is 6.59. The lowest BCUT2D eigenvalue weighted by Crippen LogP contribution is -2.31. The summed E-state index contributed by atoms with van der Waals surface area (Å²) < 4.78 is 5.24. The summed E-state index contributed by atoms with van der Waals surface area (Å²) in [5.74, 6) is 0.361. The molecule has 18 heavy (non-hydrogen) atoms. The maximum Gasteiger partial charge on any atom is 0.492 e. The predicted octanol–water partition coefficient (Wildman–Crippen LogP) is 0.196. The van der Waals surface area contributed by atoms with E-state index in [4.69, 9.17) is 15.3 Å². The highest BCUT2D eigenvalue weighted by Crippen LogP contribution is 2.13. The lowest BCUT2D eigenvalue weighted by molar-refractivity contribution is 0.340. The van der Waals surface area contributed by atoms with Crippen LogP contribution in [0.1, 0.15) is 12.5 Å². The largest absolute Gasteiger partial charge is 0.494 e. The second kappa shape index (κ2) is 6.46. The second-order valence-electron chi connectivity index (χ2n) is 3.39. The molecule has 6 heteroatoms. The molecule has 5 nitrogen and oxygen atoms in total. The normalized spacial score (nSPS) is 8.94. The van der Waals surface area contributed by atoms with Crippen molar-refractivity contribution in [3.63, 3.8) is 0 Å². The highest BCUT2D eigenvalue weighted by Gasteiger charge is 2.17. The minimum atomic E-state index is -1.67. The predicted molar refractivity (Wildman–Crippen MR) is 66.6 cm³/mol. The zero-order chi connectivity index (χ0) is 13.5. The minimum Gasteiger partial charge on any atom is -0.494 e. The van der Waals surface area contributed by atoms with Crippen molar-refractivity contribution in [2.45, 2.75) is 6.92 Å². The number of benzene rings is 1. The Morgan fingerprint density at radius 1 is 1.39 bits per heavy atom. The van der Waals surface area contributed by atoms with Gasteiger partial charge in [-0.2, -0.15) is 10.5 Å². The molecule has 90 valence electrons. The zero-order valence-corrected chi connectivity index (χ0v) is 9.79. The van der Waals surface area contributed by atoms with Gasteiger partial charge in [0.15, 0.2) is 0 Å². The molecule has 1 aromatic carbocycles. The van der Waals surface area contributed by atoms with E-state index in [2.05, 4.69) is 0 Å². The molecule has 0 atom stereocenters. The van der Waals surface area contributed by atoms with Crippen molar-refractivity contribution in [3.8, 4) is 17.9 Å². The average Bonchev–Trinajstić information content (AvgIpc) is 2.37.